The third kappa shape index (κ3) is 2.94. The van der Waals surface area contributed by atoms with Gasteiger partial charge in [0.1, 0.15) is 11.9 Å². The summed E-state index contributed by atoms with van der Waals surface area (Å²) in [6, 6.07) is 12.9. The first-order valence-corrected chi connectivity index (χ1v) is 7.49. The fourth-order valence-electron chi connectivity index (χ4n) is 2.60. The van der Waals surface area contributed by atoms with Crippen molar-refractivity contribution in [1.82, 2.24) is 0 Å². The third-order valence-electron chi connectivity index (χ3n) is 3.72. The van der Waals surface area contributed by atoms with Crippen molar-refractivity contribution in [3.63, 3.8) is 0 Å². The Kier molecular flexibility index (Phi) is 4.09. The van der Waals surface area contributed by atoms with Gasteiger partial charge in [-0.2, -0.15) is 0 Å². The molecule has 0 saturated carbocycles. The van der Waals surface area contributed by atoms with E-state index in [4.69, 9.17) is 16.3 Å². The highest BCUT2D eigenvalue weighted by molar-refractivity contribution is 6.33. The molecule has 0 spiro atoms. The van der Waals surface area contributed by atoms with Crippen LogP contribution in [0.2, 0.25) is 5.02 Å². The Hall–Kier alpha value is -2.33. The Balaban J connectivity index is 2.12. The van der Waals surface area contributed by atoms with E-state index in [1.54, 1.807) is 12.1 Å². The maximum atomic E-state index is 13.7. The van der Waals surface area contributed by atoms with Gasteiger partial charge in [-0.05, 0) is 30.7 Å². The number of carboxylic acid groups (broad SMARTS) is 1. The standard InChI is InChI=1S/C18H14ClFO3/c1-10(20)17-14(18(21)22)7-12-8-15(19)13(9-16(12)23-17)11-5-3-2-4-6-11/h2-10,17H,1H3,(H,21,22). The Labute approximate surface area is 138 Å². The molecule has 0 amide bonds. The average Bonchev–Trinajstić information content (AvgIpc) is 2.53. The molecule has 118 valence electrons. The Morgan fingerprint density at radius 3 is 2.61 bits per heavy atom. The van der Waals surface area contributed by atoms with Gasteiger partial charge < -0.3 is 9.84 Å². The van der Waals surface area contributed by atoms with E-state index in [-0.39, 0.29) is 5.57 Å². The Bertz CT molecular complexity index is 784. The summed E-state index contributed by atoms with van der Waals surface area (Å²) in [5, 5.41) is 9.72. The molecule has 0 bridgehead atoms. The Morgan fingerprint density at radius 2 is 2.00 bits per heavy atom. The van der Waals surface area contributed by atoms with Crippen LogP contribution in [0.25, 0.3) is 17.2 Å². The first-order valence-electron chi connectivity index (χ1n) is 7.12. The van der Waals surface area contributed by atoms with Gasteiger partial charge in [-0.1, -0.05) is 41.9 Å². The molecule has 5 heteroatoms. The molecule has 1 heterocycles. The summed E-state index contributed by atoms with van der Waals surface area (Å²) >= 11 is 6.32. The SMILES string of the molecule is CC(F)C1Oc2cc(-c3ccccc3)c(Cl)cc2C=C1C(=O)O. The van der Waals surface area contributed by atoms with E-state index >= 15 is 0 Å². The van der Waals surface area contributed by atoms with Crippen LogP contribution in [0.1, 0.15) is 12.5 Å². The highest BCUT2D eigenvalue weighted by atomic mass is 35.5. The van der Waals surface area contributed by atoms with E-state index in [1.807, 2.05) is 30.3 Å². The fraction of sp³-hybridized carbons (Fsp3) is 0.167. The number of carboxylic acids is 1. The van der Waals surface area contributed by atoms with E-state index in [0.29, 0.717) is 16.3 Å². The van der Waals surface area contributed by atoms with Crippen LogP contribution in [0, 0.1) is 0 Å². The number of hydrogen-bond acceptors (Lipinski definition) is 2. The molecule has 0 fully saturated rings. The van der Waals surface area contributed by atoms with Crippen LogP contribution in [-0.4, -0.2) is 23.4 Å². The van der Waals surface area contributed by atoms with Crippen molar-refractivity contribution in [2.45, 2.75) is 19.2 Å². The zero-order chi connectivity index (χ0) is 16.6. The molecule has 3 nitrogen and oxygen atoms in total. The first-order chi connectivity index (χ1) is 11.0. The molecular weight excluding hydrogens is 319 g/mol. The van der Waals surface area contributed by atoms with Gasteiger partial charge in [-0.25, -0.2) is 9.18 Å². The summed E-state index contributed by atoms with van der Waals surface area (Å²) in [7, 11) is 0. The van der Waals surface area contributed by atoms with Crippen LogP contribution in [-0.2, 0) is 4.79 Å². The minimum absolute atomic E-state index is 0.115. The van der Waals surface area contributed by atoms with Gasteiger partial charge in [0.2, 0.25) is 0 Å². The van der Waals surface area contributed by atoms with Crippen molar-refractivity contribution in [3.05, 3.63) is 58.6 Å². The summed E-state index contributed by atoms with van der Waals surface area (Å²) < 4.78 is 19.3. The van der Waals surface area contributed by atoms with E-state index < -0.39 is 18.2 Å². The molecule has 3 rings (SSSR count). The van der Waals surface area contributed by atoms with Gasteiger partial charge in [-0.15, -0.1) is 0 Å². The second-order valence-corrected chi connectivity index (χ2v) is 5.76. The topological polar surface area (TPSA) is 46.5 Å². The van der Waals surface area contributed by atoms with Crippen molar-refractivity contribution in [2.24, 2.45) is 0 Å². The molecular formula is C18H14ClFO3. The van der Waals surface area contributed by atoms with Crippen LogP contribution in [0.5, 0.6) is 5.75 Å². The molecule has 0 aliphatic carbocycles. The molecule has 23 heavy (non-hydrogen) atoms. The maximum absolute atomic E-state index is 13.7. The number of carbonyl (C=O) groups is 1. The molecule has 1 aliphatic heterocycles. The van der Waals surface area contributed by atoms with Crippen molar-refractivity contribution in [3.8, 4) is 16.9 Å². The van der Waals surface area contributed by atoms with Gasteiger partial charge >= 0.3 is 5.97 Å². The van der Waals surface area contributed by atoms with Crippen molar-refractivity contribution >= 4 is 23.6 Å². The minimum atomic E-state index is -1.44. The predicted molar refractivity (Wildman–Crippen MR) is 87.5 cm³/mol. The minimum Gasteiger partial charge on any atom is -0.482 e. The average molecular weight is 333 g/mol. The second-order valence-electron chi connectivity index (χ2n) is 5.36. The zero-order valence-electron chi connectivity index (χ0n) is 12.3. The number of halogens is 2. The molecule has 0 saturated heterocycles. The number of ether oxygens (including phenoxy) is 1. The van der Waals surface area contributed by atoms with Gasteiger partial charge in [0.15, 0.2) is 6.10 Å². The lowest BCUT2D eigenvalue weighted by atomic mass is 9.96. The molecule has 2 atom stereocenters. The van der Waals surface area contributed by atoms with Crippen molar-refractivity contribution in [1.29, 1.82) is 0 Å². The fourth-order valence-corrected chi connectivity index (χ4v) is 2.88. The van der Waals surface area contributed by atoms with Crippen molar-refractivity contribution in [2.75, 3.05) is 0 Å². The molecule has 2 unspecified atom stereocenters. The molecule has 0 aromatic heterocycles. The first kappa shape index (κ1) is 15.6. The summed E-state index contributed by atoms with van der Waals surface area (Å²) in [4.78, 5) is 11.3. The number of alkyl halides is 1. The lowest BCUT2D eigenvalue weighted by molar-refractivity contribution is -0.133. The number of benzene rings is 2. The van der Waals surface area contributed by atoms with Crippen LogP contribution in [0.3, 0.4) is 0 Å². The molecule has 1 N–H and O–H groups in total. The molecule has 2 aromatic rings. The summed E-state index contributed by atoms with van der Waals surface area (Å²) in [5.41, 5.74) is 2.07. The zero-order valence-corrected chi connectivity index (χ0v) is 13.0. The number of fused-ring (bicyclic) bond motifs is 1. The normalized spacial score (nSPS) is 17.7. The summed E-state index contributed by atoms with van der Waals surface area (Å²) in [6.45, 7) is 1.28. The number of rotatable bonds is 3. The highest BCUT2D eigenvalue weighted by Gasteiger charge is 2.32. The van der Waals surface area contributed by atoms with Crippen LogP contribution < -0.4 is 4.74 Å². The lowest BCUT2D eigenvalue weighted by Gasteiger charge is -2.27. The van der Waals surface area contributed by atoms with Gasteiger partial charge in [0, 0.05) is 16.1 Å². The largest absolute Gasteiger partial charge is 0.482 e. The van der Waals surface area contributed by atoms with Gasteiger partial charge in [0.05, 0.1) is 5.57 Å². The summed E-state index contributed by atoms with van der Waals surface area (Å²) in [5.74, 6) is -0.777. The number of hydrogen-bond donors (Lipinski definition) is 1. The van der Waals surface area contributed by atoms with Crippen molar-refractivity contribution < 1.29 is 19.0 Å². The van der Waals surface area contributed by atoms with E-state index in [0.717, 1.165) is 11.1 Å². The Morgan fingerprint density at radius 1 is 1.30 bits per heavy atom. The van der Waals surface area contributed by atoms with Crippen LogP contribution in [0.4, 0.5) is 4.39 Å². The number of aliphatic carboxylic acids is 1. The third-order valence-corrected chi connectivity index (χ3v) is 4.03. The van der Waals surface area contributed by atoms with E-state index in [9.17, 15) is 14.3 Å². The quantitative estimate of drug-likeness (QED) is 0.894. The monoisotopic (exact) mass is 332 g/mol. The highest BCUT2D eigenvalue weighted by Crippen LogP contribution is 2.39. The molecule has 2 aromatic carbocycles. The summed E-state index contributed by atoms with van der Waals surface area (Å²) in [6.07, 6.45) is -1.16. The van der Waals surface area contributed by atoms with Gasteiger partial charge in [0.25, 0.3) is 0 Å². The maximum Gasteiger partial charge on any atom is 0.335 e. The molecule has 1 aliphatic rings. The van der Waals surface area contributed by atoms with Crippen LogP contribution in [0.15, 0.2) is 48.0 Å². The molecule has 0 radical (unpaired) electrons. The lowest BCUT2D eigenvalue weighted by Crippen LogP contribution is -2.34. The van der Waals surface area contributed by atoms with Gasteiger partial charge in [-0.3, -0.25) is 0 Å². The van der Waals surface area contributed by atoms with E-state index in [1.165, 1.54) is 13.0 Å². The van der Waals surface area contributed by atoms with E-state index in [2.05, 4.69) is 0 Å². The predicted octanol–water partition coefficient (Wildman–Crippen LogP) is 4.59. The second kappa shape index (κ2) is 6.05. The van der Waals surface area contributed by atoms with Crippen LogP contribution >= 0.6 is 11.6 Å². The smallest absolute Gasteiger partial charge is 0.335 e.